The van der Waals surface area contributed by atoms with Crippen LogP contribution in [0.25, 0.3) is 0 Å². The maximum Gasteiger partial charge on any atom is 0.211 e. The predicted octanol–water partition coefficient (Wildman–Crippen LogP) is 1.01. The second kappa shape index (κ2) is 6.11. The smallest absolute Gasteiger partial charge is 0.211 e. The number of hydrogen-bond donors (Lipinski definition) is 0. The minimum absolute atomic E-state index is 0.138. The monoisotopic (exact) mass is 315 g/mol. The van der Waals surface area contributed by atoms with Crippen LogP contribution in [0.2, 0.25) is 0 Å². The molecule has 0 fully saturated rings. The molecule has 21 heavy (non-hydrogen) atoms. The standard InChI is InChI=1S/C14H18FNO4S/c1-16(21(2,18)19)3-4-20-12-7-11-5-10(9-17)6-13(11)14(15)8-12/h7-10H,3-6H2,1-2H3. The molecule has 1 atom stereocenters. The van der Waals surface area contributed by atoms with Gasteiger partial charge in [-0.25, -0.2) is 17.1 Å². The Morgan fingerprint density at radius 3 is 2.76 bits per heavy atom. The van der Waals surface area contributed by atoms with Crippen molar-refractivity contribution in [2.75, 3.05) is 26.5 Å². The van der Waals surface area contributed by atoms with Crippen LogP contribution in [0.5, 0.6) is 5.75 Å². The summed E-state index contributed by atoms with van der Waals surface area (Å²) in [5.74, 6) is -0.177. The Labute approximate surface area is 123 Å². The molecule has 0 spiro atoms. The molecule has 0 aliphatic heterocycles. The van der Waals surface area contributed by atoms with E-state index in [2.05, 4.69) is 0 Å². The minimum atomic E-state index is -3.25. The van der Waals surface area contributed by atoms with Gasteiger partial charge in [0.05, 0.1) is 6.26 Å². The first kappa shape index (κ1) is 15.9. The molecule has 1 aromatic carbocycles. The second-order valence-corrected chi connectivity index (χ2v) is 7.37. The van der Waals surface area contributed by atoms with Gasteiger partial charge < -0.3 is 9.53 Å². The van der Waals surface area contributed by atoms with Crippen LogP contribution in [0.15, 0.2) is 12.1 Å². The summed E-state index contributed by atoms with van der Waals surface area (Å²) in [6.45, 7) is 0.327. The third-order valence-corrected chi connectivity index (χ3v) is 4.96. The van der Waals surface area contributed by atoms with Gasteiger partial charge in [0.25, 0.3) is 0 Å². The summed E-state index contributed by atoms with van der Waals surface area (Å²) in [5, 5.41) is 0. The summed E-state index contributed by atoms with van der Waals surface area (Å²) < 4.78 is 43.0. The van der Waals surface area contributed by atoms with E-state index in [1.165, 1.54) is 17.4 Å². The summed E-state index contributed by atoms with van der Waals surface area (Å²) in [6.07, 6.45) is 2.92. The lowest BCUT2D eigenvalue weighted by Gasteiger charge is -2.15. The number of likely N-dealkylation sites (N-methyl/N-ethyl adjacent to an activating group) is 1. The van der Waals surface area contributed by atoms with Crippen molar-refractivity contribution in [3.63, 3.8) is 0 Å². The minimum Gasteiger partial charge on any atom is -0.492 e. The first-order valence-corrected chi connectivity index (χ1v) is 8.47. The van der Waals surface area contributed by atoms with E-state index in [0.29, 0.717) is 24.2 Å². The fourth-order valence-corrected chi connectivity index (χ4v) is 2.74. The summed E-state index contributed by atoms with van der Waals surface area (Å²) in [7, 11) is -1.79. The number of sulfonamides is 1. The molecule has 0 amide bonds. The van der Waals surface area contributed by atoms with E-state index in [4.69, 9.17) is 4.74 Å². The lowest BCUT2D eigenvalue weighted by molar-refractivity contribution is -0.110. The summed E-state index contributed by atoms with van der Waals surface area (Å²) in [6, 6.07) is 3.01. The highest BCUT2D eigenvalue weighted by Crippen LogP contribution is 2.31. The van der Waals surface area contributed by atoms with Crippen LogP contribution >= 0.6 is 0 Å². The summed E-state index contributed by atoms with van der Waals surface area (Å²) in [5.41, 5.74) is 1.37. The first-order valence-electron chi connectivity index (χ1n) is 6.62. The molecular weight excluding hydrogens is 297 g/mol. The van der Waals surface area contributed by atoms with Crippen molar-refractivity contribution in [1.29, 1.82) is 0 Å². The van der Waals surface area contributed by atoms with Crippen molar-refractivity contribution in [3.05, 3.63) is 29.1 Å². The molecule has 0 saturated heterocycles. The second-order valence-electron chi connectivity index (χ2n) is 5.28. The molecule has 5 nitrogen and oxygen atoms in total. The molecule has 0 radical (unpaired) electrons. The van der Waals surface area contributed by atoms with Crippen molar-refractivity contribution in [3.8, 4) is 5.75 Å². The van der Waals surface area contributed by atoms with E-state index in [1.54, 1.807) is 6.07 Å². The zero-order valence-corrected chi connectivity index (χ0v) is 12.8. The Morgan fingerprint density at radius 1 is 1.43 bits per heavy atom. The van der Waals surface area contributed by atoms with Crippen molar-refractivity contribution in [2.24, 2.45) is 5.92 Å². The van der Waals surface area contributed by atoms with Gasteiger partial charge in [0, 0.05) is 25.6 Å². The molecule has 0 aromatic heterocycles. The molecule has 1 aromatic rings. The Kier molecular flexibility index (Phi) is 4.63. The van der Waals surface area contributed by atoms with Gasteiger partial charge in [-0.05, 0) is 30.0 Å². The maximum absolute atomic E-state index is 13.9. The topological polar surface area (TPSA) is 63.7 Å². The van der Waals surface area contributed by atoms with Gasteiger partial charge in [-0.3, -0.25) is 0 Å². The average Bonchev–Trinajstić information content (AvgIpc) is 2.81. The predicted molar refractivity (Wildman–Crippen MR) is 76.3 cm³/mol. The largest absolute Gasteiger partial charge is 0.492 e. The Balaban J connectivity index is 2.00. The van der Waals surface area contributed by atoms with E-state index >= 15 is 0 Å². The normalized spacial score (nSPS) is 17.8. The van der Waals surface area contributed by atoms with Gasteiger partial charge in [-0.2, -0.15) is 0 Å². The molecular formula is C14H18FNO4S. The number of halogens is 1. The van der Waals surface area contributed by atoms with Gasteiger partial charge >= 0.3 is 0 Å². The van der Waals surface area contributed by atoms with E-state index < -0.39 is 10.0 Å². The fourth-order valence-electron chi connectivity index (χ4n) is 2.33. The number of rotatable bonds is 6. The van der Waals surface area contributed by atoms with Gasteiger partial charge in [0.2, 0.25) is 10.0 Å². The molecule has 1 aliphatic carbocycles. The molecule has 7 heteroatoms. The van der Waals surface area contributed by atoms with Crippen molar-refractivity contribution >= 4 is 16.3 Å². The van der Waals surface area contributed by atoms with Gasteiger partial charge in [-0.15, -0.1) is 0 Å². The molecule has 2 rings (SSSR count). The summed E-state index contributed by atoms with van der Waals surface area (Å²) >= 11 is 0. The van der Waals surface area contributed by atoms with Crippen molar-refractivity contribution < 1.29 is 22.3 Å². The highest BCUT2D eigenvalue weighted by atomic mass is 32.2. The number of benzene rings is 1. The molecule has 0 saturated carbocycles. The fraction of sp³-hybridized carbons (Fsp3) is 0.500. The number of nitrogens with zero attached hydrogens (tertiary/aromatic N) is 1. The lowest BCUT2D eigenvalue weighted by Crippen LogP contribution is -2.29. The van der Waals surface area contributed by atoms with E-state index in [1.807, 2.05) is 0 Å². The zero-order valence-electron chi connectivity index (χ0n) is 12.0. The number of aldehydes is 1. The third-order valence-electron chi connectivity index (χ3n) is 3.64. The SMILES string of the molecule is CN(CCOc1cc(F)c2c(c1)CC(C=O)C2)S(C)(=O)=O. The van der Waals surface area contributed by atoms with E-state index in [-0.39, 0.29) is 24.9 Å². The van der Waals surface area contributed by atoms with Gasteiger partial charge in [0.1, 0.15) is 24.5 Å². The van der Waals surface area contributed by atoms with E-state index in [9.17, 15) is 17.6 Å². The van der Waals surface area contributed by atoms with Crippen LogP contribution in [0, 0.1) is 11.7 Å². The first-order chi connectivity index (χ1) is 9.81. The number of fused-ring (bicyclic) bond motifs is 1. The highest BCUT2D eigenvalue weighted by molar-refractivity contribution is 7.88. The van der Waals surface area contributed by atoms with Crippen molar-refractivity contribution in [2.45, 2.75) is 12.8 Å². The molecule has 0 bridgehead atoms. The number of carbonyl (C=O) groups is 1. The van der Waals surface area contributed by atoms with E-state index in [0.717, 1.165) is 18.1 Å². The number of hydrogen-bond acceptors (Lipinski definition) is 4. The Bertz CT molecular complexity index is 645. The van der Waals surface area contributed by atoms with Crippen LogP contribution in [-0.4, -0.2) is 45.5 Å². The number of ether oxygens (including phenoxy) is 1. The number of carbonyl (C=O) groups excluding carboxylic acids is 1. The van der Waals surface area contributed by atoms with Crippen LogP contribution < -0.4 is 4.74 Å². The van der Waals surface area contributed by atoms with Crippen LogP contribution in [0.4, 0.5) is 4.39 Å². The van der Waals surface area contributed by atoms with Gasteiger partial charge in [0.15, 0.2) is 0 Å². The Morgan fingerprint density at radius 2 is 2.14 bits per heavy atom. The zero-order chi connectivity index (χ0) is 15.6. The average molecular weight is 315 g/mol. The molecule has 1 unspecified atom stereocenters. The molecule has 0 N–H and O–H groups in total. The molecule has 1 aliphatic rings. The Hall–Kier alpha value is -1.47. The van der Waals surface area contributed by atoms with Crippen LogP contribution in [0.1, 0.15) is 11.1 Å². The highest BCUT2D eigenvalue weighted by Gasteiger charge is 2.25. The lowest BCUT2D eigenvalue weighted by atomic mass is 10.1. The molecule has 116 valence electrons. The van der Waals surface area contributed by atoms with Gasteiger partial charge in [-0.1, -0.05) is 0 Å². The third kappa shape index (κ3) is 3.79. The van der Waals surface area contributed by atoms with Crippen molar-refractivity contribution in [1.82, 2.24) is 4.31 Å². The maximum atomic E-state index is 13.9. The molecule has 0 heterocycles. The van der Waals surface area contributed by atoms with Crippen LogP contribution in [-0.2, 0) is 27.7 Å². The summed E-state index contributed by atoms with van der Waals surface area (Å²) in [4.78, 5) is 10.8. The quantitative estimate of drug-likeness (QED) is 0.735. The van der Waals surface area contributed by atoms with Crippen LogP contribution in [0.3, 0.4) is 0 Å².